The minimum absolute atomic E-state index is 0.890. The monoisotopic (exact) mass is 285 g/mol. The molecule has 0 radical (unpaired) electrons. The van der Waals surface area contributed by atoms with E-state index < -0.39 is 0 Å². The predicted molar refractivity (Wildman–Crippen MR) is 89.7 cm³/mol. The Morgan fingerprint density at radius 2 is 1.55 bits per heavy atom. The van der Waals surface area contributed by atoms with Crippen molar-refractivity contribution in [2.24, 2.45) is 0 Å². The van der Waals surface area contributed by atoms with Gasteiger partial charge >= 0.3 is 0 Å². The van der Waals surface area contributed by atoms with Gasteiger partial charge in [0.15, 0.2) is 0 Å². The van der Waals surface area contributed by atoms with Gasteiger partial charge in [-0.15, -0.1) is 5.10 Å². The Morgan fingerprint density at radius 1 is 0.727 bits per heavy atom. The molecule has 0 fully saturated rings. The van der Waals surface area contributed by atoms with Crippen LogP contribution in [-0.2, 0) is 0 Å². The van der Waals surface area contributed by atoms with Crippen molar-refractivity contribution in [3.63, 3.8) is 0 Å². The molecule has 0 bridgehead atoms. The number of hydrogen-bond donors (Lipinski definition) is 0. The molecule has 2 aromatic carbocycles. The third-order valence-corrected chi connectivity index (χ3v) is 3.99. The zero-order valence-corrected chi connectivity index (χ0v) is 12.5. The molecule has 0 aliphatic heterocycles. The summed E-state index contributed by atoms with van der Waals surface area (Å²) >= 11 is 0. The SMILES string of the molecule is Cc1ccc2c(-c3cncc4ccc(C)cc34)nncc2c1. The van der Waals surface area contributed by atoms with Crippen molar-refractivity contribution < 1.29 is 0 Å². The van der Waals surface area contributed by atoms with Crippen molar-refractivity contribution >= 4 is 21.5 Å². The van der Waals surface area contributed by atoms with Crippen LogP contribution in [0.3, 0.4) is 0 Å². The van der Waals surface area contributed by atoms with Crippen molar-refractivity contribution in [3.8, 4) is 11.3 Å². The number of nitrogens with zero attached hydrogens (tertiary/aromatic N) is 3. The molecule has 3 heteroatoms. The molecule has 0 aliphatic carbocycles. The molecule has 0 atom stereocenters. The summed E-state index contributed by atoms with van der Waals surface area (Å²) in [5, 5.41) is 13.1. The molecule has 0 spiro atoms. The highest BCUT2D eigenvalue weighted by Crippen LogP contribution is 2.31. The molecule has 0 aliphatic rings. The van der Waals surface area contributed by atoms with Crippen LogP contribution in [0.25, 0.3) is 32.8 Å². The van der Waals surface area contributed by atoms with Gasteiger partial charge in [-0.05, 0) is 25.3 Å². The molecule has 3 nitrogen and oxygen atoms in total. The molecule has 106 valence electrons. The molecule has 4 aromatic rings. The Bertz CT molecular complexity index is 1010. The van der Waals surface area contributed by atoms with Crippen molar-refractivity contribution in [3.05, 3.63) is 66.1 Å². The van der Waals surface area contributed by atoms with Crippen LogP contribution in [0.1, 0.15) is 11.1 Å². The smallest absolute Gasteiger partial charge is 0.103 e. The van der Waals surface area contributed by atoms with Gasteiger partial charge in [-0.2, -0.15) is 5.10 Å². The van der Waals surface area contributed by atoms with Gasteiger partial charge in [0.05, 0.1) is 6.20 Å². The summed E-state index contributed by atoms with van der Waals surface area (Å²) in [7, 11) is 0. The minimum Gasteiger partial charge on any atom is -0.263 e. The van der Waals surface area contributed by atoms with Crippen LogP contribution in [0, 0.1) is 13.8 Å². The molecule has 0 amide bonds. The van der Waals surface area contributed by atoms with Gasteiger partial charge in [-0.25, -0.2) is 0 Å². The molecule has 2 aromatic heterocycles. The van der Waals surface area contributed by atoms with Crippen molar-refractivity contribution in [1.82, 2.24) is 15.2 Å². The highest BCUT2D eigenvalue weighted by atomic mass is 15.1. The second-order valence-electron chi connectivity index (χ2n) is 5.70. The topological polar surface area (TPSA) is 38.7 Å². The minimum atomic E-state index is 0.890. The molecule has 2 heterocycles. The van der Waals surface area contributed by atoms with Gasteiger partial charge in [0.2, 0.25) is 0 Å². The van der Waals surface area contributed by atoms with E-state index in [2.05, 4.69) is 65.4 Å². The van der Waals surface area contributed by atoms with Crippen molar-refractivity contribution in [2.45, 2.75) is 13.8 Å². The Hall–Kier alpha value is -2.81. The van der Waals surface area contributed by atoms with Crippen LogP contribution < -0.4 is 0 Å². The van der Waals surface area contributed by atoms with Gasteiger partial charge < -0.3 is 0 Å². The van der Waals surface area contributed by atoms with Crippen molar-refractivity contribution in [2.75, 3.05) is 0 Å². The van der Waals surface area contributed by atoms with Gasteiger partial charge in [-0.3, -0.25) is 4.98 Å². The van der Waals surface area contributed by atoms with Crippen LogP contribution in [-0.4, -0.2) is 15.2 Å². The third kappa shape index (κ3) is 2.02. The lowest BCUT2D eigenvalue weighted by atomic mass is 9.99. The number of hydrogen-bond acceptors (Lipinski definition) is 3. The molecule has 4 rings (SSSR count). The summed E-state index contributed by atoms with van der Waals surface area (Å²) in [6.07, 6.45) is 5.59. The van der Waals surface area contributed by atoms with Gasteiger partial charge in [-0.1, -0.05) is 41.5 Å². The first-order chi connectivity index (χ1) is 10.7. The van der Waals surface area contributed by atoms with Gasteiger partial charge in [0, 0.05) is 34.1 Å². The highest BCUT2D eigenvalue weighted by Gasteiger charge is 2.10. The summed E-state index contributed by atoms with van der Waals surface area (Å²) in [5.74, 6) is 0. The number of aryl methyl sites for hydroxylation is 2. The maximum absolute atomic E-state index is 4.40. The molecule has 0 saturated heterocycles. The van der Waals surface area contributed by atoms with E-state index in [1.807, 2.05) is 18.6 Å². The zero-order chi connectivity index (χ0) is 15.1. The maximum atomic E-state index is 4.40. The second kappa shape index (κ2) is 4.88. The van der Waals surface area contributed by atoms with Crippen LogP contribution >= 0.6 is 0 Å². The maximum Gasteiger partial charge on any atom is 0.103 e. The summed E-state index contributed by atoms with van der Waals surface area (Å²) in [5.41, 5.74) is 4.37. The van der Waals surface area contributed by atoms with E-state index in [0.717, 1.165) is 32.8 Å². The fraction of sp³-hybridized carbons (Fsp3) is 0.105. The van der Waals surface area contributed by atoms with E-state index >= 15 is 0 Å². The average molecular weight is 285 g/mol. The molecular weight excluding hydrogens is 270 g/mol. The Morgan fingerprint density at radius 3 is 2.45 bits per heavy atom. The second-order valence-corrected chi connectivity index (χ2v) is 5.70. The Labute approximate surface area is 128 Å². The summed E-state index contributed by atoms with van der Waals surface area (Å²) in [6, 6.07) is 12.7. The first-order valence-electron chi connectivity index (χ1n) is 7.29. The van der Waals surface area contributed by atoms with Crippen LogP contribution in [0.4, 0.5) is 0 Å². The number of benzene rings is 2. The summed E-state index contributed by atoms with van der Waals surface area (Å²) in [6.45, 7) is 4.18. The molecule has 0 unspecified atom stereocenters. The zero-order valence-electron chi connectivity index (χ0n) is 12.5. The molecule has 0 saturated carbocycles. The lowest BCUT2D eigenvalue weighted by molar-refractivity contribution is 1.06. The lowest BCUT2D eigenvalue weighted by Gasteiger charge is -2.09. The number of rotatable bonds is 1. The van der Waals surface area contributed by atoms with Crippen LogP contribution in [0.5, 0.6) is 0 Å². The third-order valence-electron chi connectivity index (χ3n) is 3.99. The average Bonchev–Trinajstić information content (AvgIpc) is 2.53. The van der Waals surface area contributed by atoms with E-state index in [9.17, 15) is 0 Å². The van der Waals surface area contributed by atoms with Crippen LogP contribution in [0.15, 0.2) is 55.0 Å². The number of pyridine rings is 1. The summed E-state index contributed by atoms with van der Waals surface area (Å²) in [4.78, 5) is 4.38. The largest absolute Gasteiger partial charge is 0.263 e. The molecule has 22 heavy (non-hydrogen) atoms. The first kappa shape index (κ1) is 12.9. The molecular formula is C19H15N3. The fourth-order valence-corrected chi connectivity index (χ4v) is 2.87. The first-order valence-corrected chi connectivity index (χ1v) is 7.29. The Balaban J connectivity index is 2.09. The standard InChI is InChI=1S/C19H15N3/c1-12-4-6-16-15(7-12)10-21-22-19(16)18-11-20-9-14-5-3-13(2)8-17(14)18/h3-11H,1-2H3. The number of aromatic nitrogens is 3. The van der Waals surface area contributed by atoms with E-state index in [1.165, 1.54) is 11.1 Å². The van der Waals surface area contributed by atoms with Crippen LogP contribution in [0.2, 0.25) is 0 Å². The van der Waals surface area contributed by atoms with Gasteiger partial charge in [0.1, 0.15) is 5.69 Å². The summed E-state index contributed by atoms with van der Waals surface area (Å²) < 4.78 is 0. The van der Waals surface area contributed by atoms with E-state index in [-0.39, 0.29) is 0 Å². The van der Waals surface area contributed by atoms with E-state index in [4.69, 9.17) is 0 Å². The lowest BCUT2D eigenvalue weighted by Crippen LogP contribution is -1.92. The molecule has 0 N–H and O–H groups in total. The van der Waals surface area contributed by atoms with Crippen molar-refractivity contribution in [1.29, 1.82) is 0 Å². The predicted octanol–water partition coefficient (Wildman–Crippen LogP) is 4.46. The van der Waals surface area contributed by atoms with E-state index in [1.54, 1.807) is 0 Å². The van der Waals surface area contributed by atoms with E-state index in [0.29, 0.717) is 0 Å². The quantitative estimate of drug-likeness (QED) is 0.518. The van der Waals surface area contributed by atoms with Gasteiger partial charge in [0.25, 0.3) is 0 Å². The highest BCUT2D eigenvalue weighted by molar-refractivity contribution is 6.03. The Kier molecular flexibility index (Phi) is 2.86. The fourth-order valence-electron chi connectivity index (χ4n) is 2.87. The number of fused-ring (bicyclic) bond motifs is 2. The normalized spacial score (nSPS) is 11.2.